The fourth-order valence-electron chi connectivity index (χ4n) is 2.77. The van der Waals surface area contributed by atoms with E-state index in [1.54, 1.807) is 0 Å². The van der Waals surface area contributed by atoms with Gasteiger partial charge in [-0.15, -0.1) is 0 Å². The van der Waals surface area contributed by atoms with Crippen LogP contribution >= 0.6 is 0 Å². The summed E-state index contributed by atoms with van der Waals surface area (Å²) in [6.07, 6.45) is 3.73. The number of hydrogen-bond acceptors (Lipinski definition) is 2. The third kappa shape index (κ3) is 3.72. The molecule has 1 unspecified atom stereocenters. The van der Waals surface area contributed by atoms with Gasteiger partial charge in [0.15, 0.2) is 0 Å². The van der Waals surface area contributed by atoms with Gasteiger partial charge >= 0.3 is 5.97 Å². The number of likely N-dealkylation sites (tertiary alicyclic amines) is 1. The van der Waals surface area contributed by atoms with Crippen LogP contribution < -0.4 is 0 Å². The van der Waals surface area contributed by atoms with Gasteiger partial charge in [-0.05, 0) is 30.6 Å². The van der Waals surface area contributed by atoms with E-state index in [4.69, 9.17) is 5.11 Å². The Morgan fingerprint density at radius 1 is 1.28 bits per heavy atom. The predicted molar refractivity (Wildman–Crippen MR) is 70.2 cm³/mol. The van der Waals surface area contributed by atoms with Crippen LogP contribution in [-0.2, 0) is 9.59 Å². The van der Waals surface area contributed by atoms with Gasteiger partial charge in [-0.1, -0.05) is 20.8 Å². The Bertz CT molecular complexity index is 310. The Morgan fingerprint density at radius 2 is 1.89 bits per heavy atom. The molecule has 104 valence electrons. The first kappa shape index (κ1) is 15.0. The molecule has 4 heteroatoms. The number of rotatable bonds is 6. The van der Waals surface area contributed by atoms with E-state index >= 15 is 0 Å². The Labute approximate surface area is 109 Å². The molecule has 4 nitrogen and oxygen atoms in total. The van der Waals surface area contributed by atoms with Gasteiger partial charge in [0.05, 0.1) is 0 Å². The molecule has 18 heavy (non-hydrogen) atoms. The second kappa shape index (κ2) is 6.21. The molecular weight excluding hydrogens is 230 g/mol. The van der Waals surface area contributed by atoms with Gasteiger partial charge in [-0.3, -0.25) is 9.59 Å². The molecule has 1 heterocycles. The molecular formula is C14H25NO3. The van der Waals surface area contributed by atoms with Gasteiger partial charge in [-0.2, -0.15) is 0 Å². The van der Waals surface area contributed by atoms with Crippen LogP contribution in [0.2, 0.25) is 0 Å². The maximum atomic E-state index is 12.1. The van der Waals surface area contributed by atoms with Gasteiger partial charge in [0.1, 0.15) is 0 Å². The van der Waals surface area contributed by atoms with E-state index in [0.29, 0.717) is 11.8 Å². The van der Waals surface area contributed by atoms with Crippen LogP contribution in [0, 0.1) is 11.3 Å². The minimum atomic E-state index is -0.826. The SMILES string of the molecule is CCC1(CC)CCN(C(=O)CC(C)CC(=O)O)C1. The molecule has 0 aromatic rings. The van der Waals surface area contributed by atoms with Crippen LogP contribution in [0.1, 0.15) is 52.9 Å². The van der Waals surface area contributed by atoms with Crippen molar-refractivity contribution in [2.75, 3.05) is 13.1 Å². The number of amides is 1. The summed E-state index contributed by atoms with van der Waals surface area (Å²) in [6.45, 7) is 7.88. The topological polar surface area (TPSA) is 57.6 Å². The lowest BCUT2D eigenvalue weighted by atomic mass is 9.82. The zero-order chi connectivity index (χ0) is 13.8. The van der Waals surface area contributed by atoms with E-state index in [1.807, 2.05) is 11.8 Å². The number of carbonyl (C=O) groups excluding carboxylic acids is 1. The van der Waals surface area contributed by atoms with Gasteiger partial charge in [0, 0.05) is 25.9 Å². The lowest BCUT2D eigenvalue weighted by molar-refractivity contribution is -0.138. The summed E-state index contributed by atoms with van der Waals surface area (Å²) in [6, 6.07) is 0. The Kier molecular flexibility index (Phi) is 5.17. The Hall–Kier alpha value is -1.06. The van der Waals surface area contributed by atoms with Crippen molar-refractivity contribution in [1.29, 1.82) is 0 Å². The summed E-state index contributed by atoms with van der Waals surface area (Å²) < 4.78 is 0. The molecule has 0 spiro atoms. The highest BCUT2D eigenvalue weighted by Crippen LogP contribution is 2.37. The highest BCUT2D eigenvalue weighted by atomic mass is 16.4. The zero-order valence-electron chi connectivity index (χ0n) is 11.7. The monoisotopic (exact) mass is 255 g/mol. The van der Waals surface area contributed by atoms with Gasteiger partial charge in [-0.25, -0.2) is 0 Å². The Balaban J connectivity index is 2.47. The van der Waals surface area contributed by atoms with Crippen LogP contribution in [0.5, 0.6) is 0 Å². The van der Waals surface area contributed by atoms with E-state index in [1.165, 1.54) is 0 Å². The summed E-state index contributed by atoms with van der Waals surface area (Å²) in [5.74, 6) is -0.783. The minimum Gasteiger partial charge on any atom is -0.481 e. The molecule has 0 bridgehead atoms. The van der Waals surface area contributed by atoms with Crippen LogP contribution in [0.3, 0.4) is 0 Å². The van der Waals surface area contributed by atoms with Gasteiger partial charge < -0.3 is 10.0 Å². The van der Waals surface area contributed by atoms with Crippen LogP contribution in [0.4, 0.5) is 0 Å². The van der Waals surface area contributed by atoms with E-state index in [9.17, 15) is 9.59 Å². The first-order valence-corrected chi connectivity index (χ1v) is 6.92. The minimum absolute atomic E-state index is 0.0757. The number of carboxylic acid groups (broad SMARTS) is 1. The van der Waals surface area contributed by atoms with Crippen molar-refractivity contribution in [2.45, 2.75) is 52.9 Å². The molecule has 0 aromatic carbocycles. The lowest BCUT2D eigenvalue weighted by Gasteiger charge is -2.26. The average Bonchev–Trinajstić information content (AvgIpc) is 2.73. The van der Waals surface area contributed by atoms with Crippen molar-refractivity contribution in [2.24, 2.45) is 11.3 Å². The van der Waals surface area contributed by atoms with Gasteiger partial charge in [0.2, 0.25) is 5.91 Å². The molecule has 0 aromatic heterocycles. The maximum absolute atomic E-state index is 12.1. The molecule has 1 aliphatic heterocycles. The molecule has 1 amide bonds. The van der Waals surface area contributed by atoms with Crippen molar-refractivity contribution in [3.05, 3.63) is 0 Å². The molecule has 1 rings (SSSR count). The molecule has 1 atom stereocenters. The predicted octanol–water partition coefficient (Wildman–Crippen LogP) is 2.53. The number of carboxylic acids is 1. The fraction of sp³-hybridized carbons (Fsp3) is 0.857. The average molecular weight is 255 g/mol. The maximum Gasteiger partial charge on any atom is 0.303 e. The Morgan fingerprint density at radius 3 is 2.33 bits per heavy atom. The summed E-state index contributed by atoms with van der Waals surface area (Å²) in [7, 11) is 0. The number of hydrogen-bond donors (Lipinski definition) is 1. The molecule has 0 radical (unpaired) electrons. The van der Waals surface area contributed by atoms with E-state index < -0.39 is 5.97 Å². The smallest absolute Gasteiger partial charge is 0.303 e. The van der Waals surface area contributed by atoms with Crippen molar-refractivity contribution < 1.29 is 14.7 Å². The number of carbonyl (C=O) groups is 2. The number of aliphatic carboxylic acids is 1. The largest absolute Gasteiger partial charge is 0.481 e. The highest BCUT2D eigenvalue weighted by molar-refractivity contribution is 5.77. The highest BCUT2D eigenvalue weighted by Gasteiger charge is 2.37. The van der Waals surface area contributed by atoms with E-state index in [-0.39, 0.29) is 18.2 Å². The standard InChI is InChI=1S/C14H25NO3/c1-4-14(5-2)6-7-15(10-14)12(16)8-11(3)9-13(17)18/h11H,4-10H2,1-3H3,(H,17,18). The number of nitrogens with zero attached hydrogens (tertiary/aromatic N) is 1. The molecule has 0 aliphatic carbocycles. The van der Waals surface area contributed by atoms with E-state index in [2.05, 4.69) is 13.8 Å². The lowest BCUT2D eigenvalue weighted by Crippen LogP contribution is -2.32. The second-order valence-electron chi connectivity index (χ2n) is 5.68. The first-order valence-electron chi connectivity index (χ1n) is 6.92. The van der Waals surface area contributed by atoms with Crippen molar-refractivity contribution in [3.8, 4) is 0 Å². The second-order valence-corrected chi connectivity index (χ2v) is 5.68. The summed E-state index contributed by atoms with van der Waals surface area (Å²) in [5, 5.41) is 8.70. The molecule has 1 fully saturated rings. The first-order chi connectivity index (χ1) is 8.42. The van der Waals surface area contributed by atoms with Crippen LogP contribution in [0.15, 0.2) is 0 Å². The van der Waals surface area contributed by atoms with Crippen molar-refractivity contribution in [3.63, 3.8) is 0 Å². The molecule has 0 saturated carbocycles. The quantitative estimate of drug-likeness (QED) is 0.793. The van der Waals surface area contributed by atoms with Crippen molar-refractivity contribution >= 4 is 11.9 Å². The molecule has 1 saturated heterocycles. The van der Waals surface area contributed by atoms with Gasteiger partial charge in [0.25, 0.3) is 0 Å². The summed E-state index contributed by atoms with van der Waals surface area (Å²) >= 11 is 0. The zero-order valence-corrected chi connectivity index (χ0v) is 11.7. The molecule has 1 aliphatic rings. The third-order valence-corrected chi connectivity index (χ3v) is 4.34. The summed E-state index contributed by atoms with van der Waals surface area (Å²) in [4.78, 5) is 24.6. The summed E-state index contributed by atoms with van der Waals surface area (Å²) in [5.41, 5.74) is 0.297. The third-order valence-electron chi connectivity index (χ3n) is 4.34. The molecule has 1 N–H and O–H groups in total. The fourth-order valence-corrected chi connectivity index (χ4v) is 2.77. The van der Waals surface area contributed by atoms with Crippen molar-refractivity contribution in [1.82, 2.24) is 4.90 Å². The van der Waals surface area contributed by atoms with Crippen LogP contribution in [-0.4, -0.2) is 35.0 Å². The normalized spacial score (nSPS) is 19.8. The van der Waals surface area contributed by atoms with E-state index in [0.717, 1.165) is 32.4 Å². The van der Waals surface area contributed by atoms with Crippen LogP contribution in [0.25, 0.3) is 0 Å².